The van der Waals surface area contributed by atoms with Gasteiger partial charge < -0.3 is 10.1 Å². The Balaban J connectivity index is 1.35. The smallest absolute Gasteiger partial charge is 0.138 e. The molecule has 6 heteroatoms. The molecule has 0 amide bonds. The first-order valence-electron chi connectivity index (χ1n) is 11.5. The summed E-state index contributed by atoms with van der Waals surface area (Å²) in [6.45, 7) is 4.37. The molecule has 1 aromatic carbocycles. The zero-order valence-electron chi connectivity index (χ0n) is 18.9. The molecular weight excluding hydrogens is 422 g/mol. The van der Waals surface area contributed by atoms with Gasteiger partial charge in [0, 0.05) is 60.4 Å². The van der Waals surface area contributed by atoms with Crippen LogP contribution in [0.2, 0.25) is 0 Å². The molecule has 4 aromatic heterocycles. The quantitative estimate of drug-likeness (QED) is 0.403. The number of aliphatic hydroxyl groups is 1. The fourth-order valence-corrected chi connectivity index (χ4v) is 4.57. The number of nitrogens with zero attached hydrogens (tertiary/aromatic N) is 4. The van der Waals surface area contributed by atoms with E-state index in [2.05, 4.69) is 62.3 Å². The minimum Gasteiger partial charge on any atom is -0.390 e. The molecule has 1 aliphatic rings. The van der Waals surface area contributed by atoms with E-state index in [-0.39, 0.29) is 6.10 Å². The van der Waals surface area contributed by atoms with Gasteiger partial charge in [0.25, 0.3) is 0 Å². The second-order valence-corrected chi connectivity index (χ2v) is 8.97. The van der Waals surface area contributed by atoms with Crippen molar-refractivity contribution < 1.29 is 5.11 Å². The predicted octanol–water partition coefficient (Wildman–Crippen LogP) is 4.84. The van der Waals surface area contributed by atoms with Gasteiger partial charge >= 0.3 is 0 Å². The van der Waals surface area contributed by atoms with Crippen LogP contribution in [0.1, 0.15) is 11.3 Å². The van der Waals surface area contributed by atoms with E-state index in [1.807, 2.05) is 43.7 Å². The van der Waals surface area contributed by atoms with Gasteiger partial charge in [-0.25, -0.2) is 4.98 Å². The third-order valence-electron chi connectivity index (χ3n) is 6.36. The molecule has 5 aromatic rings. The number of aliphatic hydroxyl groups excluding tert-OH is 1. The molecule has 0 bridgehead atoms. The van der Waals surface area contributed by atoms with E-state index in [1.54, 1.807) is 0 Å². The number of H-pyrrole nitrogens is 1. The van der Waals surface area contributed by atoms with Crippen molar-refractivity contribution in [3.63, 3.8) is 0 Å². The third kappa shape index (κ3) is 3.98. The van der Waals surface area contributed by atoms with Crippen LogP contribution in [0.25, 0.3) is 44.7 Å². The number of nitrogens with one attached hydrogen (secondary N) is 1. The second-order valence-electron chi connectivity index (χ2n) is 8.97. The van der Waals surface area contributed by atoms with Gasteiger partial charge in [0.1, 0.15) is 5.65 Å². The van der Waals surface area contributed by atoms with Crippen LogP contribution in [0.4, 0.5) is 0 Å². The molecule has 1 saturated heterocycles. The SMILES string of the molecule is Cc1cccc(-c2cc(-c3cncc(-c4ccc(CN5CC(O)C5)cc4)c3)c3cc[nH]c3n2)n1. The number of aromatic nitrogens is 4. The van der Waals surface area contributed by atoms with E-state index in [9.17, 15) is 5.11 Å². The molecule has 34 heavy (non-hydrogen) atoms. The Morgan fingerprint density at radius 3 is 2.53 bits per heavy atom. The van der Waals surface area contributed by atoms with E-state index in [1.165, 1.54) is 5.56 Å². The first kappa shape index (κ1) is 20.7. The van der Waals surface area contributed by atoms with E-state index in [4.69, 9.17) is 4.98 Å². The lowest BCUT2D eigenvalue weighted by Crippen LogP contribution is -2.49. The van der Waals surface area contributed by atoms with Gasteiger partial charge in [-0.15, -0.1) is 0 Å². The molecule has 1 fully saturated rings. The van der Waals surface area contributed by atoms with Gasteiger partial charge in [0.05, 0.1) is 17.5 Å². The lowest BCUT2D eigenvalue weighted by atomic mass is 9.99. The Bertz CT molecular complexity index is 1470. The summed E-state index contributed by atoms with van der Waals surface area (Å²) < 4.78 is 0. The van der Waals surface area contributed by atoms with Crippen LogP contribution < -0.4 is 0 Å². The van der Waals surface area contributed by atoms with Crippen molar-refractivity contribution in [1.82, 2.24) is 24.8 Å². The normalized spacial score (nSPS) is 14.4. The molecule has 0 aliphatic carbocycles. The second kappa shape index (κ2) is 8.48. The Morgan fingerprint density at radius 1 is 0.912 bits per heavy atom. The van der Waals surface area contributed by atoms with Gasteiger partial charge in [-0.05, 0) is 53.9 Å². The van der Waals surface area contributed by atoms with E-state index < -0.39 is 0 Å². The number of fused-ring (bicyclic) bond motifs is 1. The highest BCUT2D eigenvalue weighted by Crippen LogP contribution is 2.33. The number of benzene rings is 1. The van der Waals surface area contributed by atoms with E-state index in [0.29, 0.717) is 0 Å². The standard InChI is InChI=1S/C28H25N5O/c1-18-3-2-4-26(31-18)27-12-25(24-9-10-30-28(24)32-27)22-11-21(13-29-14-22)20-7-5-19(6-8-20)15-33-16-23(34)17-33/h2-14,23,34H,15-17H2,1H3,(H,30,32). The van der Waals surface area contributed by atoms with Crippen LogP contribution >= 0.6 is 0 Å². The summed E-state index contributed by atoms with van der Waals surface area (Å²) >= 11 is 0. The van der Waals surface area contributed by atoms with Gasteiger partial charge in [-0.2, -0.15) is 0 Å². The van der Waals surface area contributed by atoms with E-state index in [0.717, 1.165) is 70.0 Å². The summed E-state index contributed by atoms with van der Waals surface area (Å²) in [6, 6.07) is 20.9. The van der Waals surface area contributed by atoms with Gasteiger partial charge in [0.2, 0.25) is 0 Å². The van der Waals surface area contributed by atoms with E-state index >= 15 is 0 Å². The summed E-state index contributed by atoms with van der Waals surface area (Å²) in [7, 11) is 0. The fourth-order valence-electron chi connectivity index (χ4n) is 4.57. The van der Waals surface area contributed by atoms with Crippen LogP contribution in [-0.2, 0) is 6.54 Å². The molecule has 0 saturated carbocycles. The van der Waals surface area contributed by atoms with Crippen molar-refractivity contribution in [2.75, 3.05) is 13.1 Å². The molecule has 0 unspecified atom stereocenters. The number of rotatable bonds is 5. The first-order valence-corrected chi connectivity index (χ1v) is 11.5. The summed E-state index contributed by atoms with van der Waals surface area (Å²) in [6.07, 6.45) is 5.56. The van der Waals surface area contributed by atoms with Gasteiger partial charge in [-0.1, -0.05) is 30.3 Å². The Kier molecular flexibility index (Phi) is 5.17. The molecule has 0 radical (unpaired) electrons. The van der Waals surface area contributed by atoms with Crippen LogP contribution in [0.3, 0.4) is 0 Å². The lowest BCUT2D eigenvalue weighted by molar-refractivity contribution is -0.00286. The predicted molar refractivity (Wildman–Crippen MR) is 134 cm³/mol. The van der Waals surface area contributed by atoms with Crippen LogP contribution in [0, 0.1) is 6.92 Å². The third-order valence-corrected chi connectivity index (χ3v) is 6.36. The number of pyridine rings is 3. The highest BCUT2D eigenvalue weighted by Gasteiger charge is 2.23. The van der Waals surface area contributed by atoms with Crippen molar-refractivity contribution in [1.29, 1.82) is 0 Å². The zero-order chi connectivity index (χ0) is 23.1. The van der Waals surface area contributed by atoms with Crippen LogP contribution in [-0.4, -0.2) is 49.1 Å². The van der Waals surface area contributed by atoms with Crippen molar-refractivity contribution in [3.8, 4) is 33.6 Å². The number of aromatic amines is 1. The van der Waals surface area contributed by atoms with Crippen molar-refractivity contribution in [2.45, 2.75) is 19.6 Å². The largest absolute Gasteiger partial charge is 0.390 e. The maximum atomic E-state index is 9.50. The molecule has 0 spiro atoms. The molecule has 1 aliphatic heterocycles. The lowest BCUT2D eigenvalue weighted by Gasteiger charge is -2.35. The average molecular weight is 448 g/mol. The zero-order valence-corrected chi connectivity index (χ0v) is 18.9. The summed E-state index contributed by atoms with van der Waals surface area (Å²) in [5.74, 6) is 0. The molecule has 6 rings (SSSR count). The van der Waals surface area contributed by atoms with Crippen molar-refractivity contribution in [3.05, 3.63) is 90.5 Å². The number of likely N-dealkylation sites (tertiary alicyclic amines) is 1. The number of aryl methyl sites for hydroxylation is 1. The molecule has 5 heterocycles. The number of β-amino-alcohol motifs (C(OH)–C–C–N with tert-alkyl or cyclic N) is 1. The maximum absolute atomic E-state index is 9.50. The minimum absolute atomic E-state index is 0.171. The Hall–Kier alpha value is -3.87. The number of hydrogen-bond donors (Lipinski definition) is 2. The van der Waals surface area contributed by atoms with Crippen molar-refractivity contribution >= 4 is 11.0 Å². The topological polar surface area (TPSA) is 77.9 Å². The fraction of sp³-hybridized carbons (Fsp3) is 0.179. The Morgan fingerprint density at radius 2 is 1.74 bits per heavy atom. The average Bonchev–Trinajstić information content (AvgIpc) is 3.32. The van der Waals surface area contributed by atoms with Gasteiger partial charge in [0.15, 0.2) is 0 Å². The molecular formula is C28H25N5O. The van der Waals surface area contributed by atoms with Gasteiger partial charge in [-0.3, -0.25) is 14.9 Å². The summed E-state index contributed by atoms with van der Waals surface area (Å²) in [5.41, 5.74) is 9.04. The minimum atomic E-state index is -0.171. The maximum Gasteiger partial charge on any atom is 0.138 e. The highest BCUT2D eigenvalue weighted by molar-refractivity contribution is 5.95. The molecule has 2 N–H and O–H groups in total. The monoisotopic (exact) mass is 447 g/mol. The first-order chi connectivity index (χ1) is 16.6. The Labute approximate surface area is 198 Å². The summed E-state index contributed by atoms with van der Waals surface area (Å²) in [4.78, 5) is 19.5. The number of hydrogen-bond acceptors (Lipinski definition) is 5. The molecule has 168 valence electrons. The highest BCUT2D eigenvalue weighted by atomic mass is 16.3. The molecule has 0 atom stereocenters. The van der Waals surface area contributed by atoms with Crippen molar-refractivity contribution in [2.24, 2.45) is 0 Å². The van der Waals surface area contributed by atoms with Crippen LogP contribution in [0.5, 0.6) is 0 Å². The summed E-state index contributed by atoms with van der Waals surface area (Å²) in [5, 5.41) is 10.6. The van der Waals surface area contributed by atoms with Crippen LogP contribution in [0.15, 0.2) is 79.3 Å². The molecule has 6 nitrogen and oxygen atoms in total.